The van der Waals surface area contributed by atoms with E-state index in [2.05, 4.69) is 0 Å². The van der Waals surface area contributed by atoms with Gasteiger partial charge in [-0.1, -0.05) is 12.1 Å². The van der Waals surface area contributed by atoms with Crippen molar-refractivity contribution in [3.8, 4) is 34.5 Å². The van der Waals surface area contributed by atoms with Gasteiger partial charge >= 0.3 is 0 Å². The topological polar surface area (TPSA) is 75.6 Å². The fraction of sp³-hybridized carbons (Fsp3) is 0.280. The van der Waals surface area contributed by atoms with E-state index in [0.29, 0.717) is 51.2 Å². The second-order valence-corrected chi connectivity index (χ2v) is 6.89. The molecule has 0 aromatic heterocycles. The van der Waals surface area contributed by atoms with Crippen LogP contribution in [0.5, 0.6) is 34.5 Å². The Balaban J connectivity index is 2.39. The van der Waals surface area contributed by atoms with E-state index in [1.165, 1.54) is 14.2 Å². The van der Waals surface area contributed by atoms with Crippen LogP contribution in [0, 0.1) is 0 Å². The van der Waals surface area contributed by atoms with E-state index in [9.17, 15) is 5.11 Å². The first kappa shape index (κ1) is 23.1. The monoisotopic (exact) mass is 440 g/mol. The van der Waals surface area contributed by atoms with Gasteiger partial charge in [-0.2, -0.15) is 0 Å². The summed E-state index contributed by atoms with van der Waals surface area (Å²) in [7, 11) is 9.27. The van der Waals surface area contributed by atoms with Crippen LogP contribution >= 0.6 is 0 Å². The van der Waals surface area contributed by atoms with Crippen LogP contribution in [0.2, 0.25) is 0 Å². The molecule has 0 aliphatic carbocycles. The normalized spacial score (nSPS) is 12.5. The molecular weight excluding hydrogens is 412 g/mol. The Kier molecular flexibility index (Phi) is 7.00. The molecule has 0 aliphatic rings. The van der Waals surface area contributed by atoms with Crippen molar-refractivity contribution < 1.29 is 33.5 Å². The molecule has 0 radical (unpaired) electrons. The number of hydrogen-bond donors (Lipinski definition) is 1. The van der Waals surface area contributed by atoms with E-state index in [1.807, 2.05) is 0 Å². The second kappa shape index (κ2) is 9.70. The molecule has 0 saturated carbocycles. The highest BCUT2D eigenvalue weighted by Gasteiger charge is 2.40. The van der Waals surface area contributed by atoms with Crippen LogP contribution in [0.3, 0.4) is 0 Å². The van der Waals surface area contributed by atoms with Crippen molar-refractivity contribution in [2.45, 2.75) is 5.60 Å². The minimum absolute atomic E-state index is 0.336. The molecule has 0 fully saturated rings. The summed E-state index contributed by atoms with van der Waals surface area (Å²) in [6, 6.07) is 15.9. The van der Waals surface area contributed by atoms with Crippen LogP contribution in [0.1, 0.15) is 16.7 Å². The van der Waals surface area contributed by atoms with Gasteiger partial charge in [0.25, 0.3) is 0 Å². The Morgan fingerprint density at radius 1 is 0.531 bits per heavy atom. The minimum Gasteiger partial charge on any atom is -0.497 e. The third kappa shape index (κ3) is 3.87. The van der Waals surface area contributed by atoms with E-state index in [0.717, 1.165) is 0 Å². The van der Waals surface area contributed by atoms with Gasteiger partial charge in [0.15, 0.2) is 11.5 Å². The molecule has 7 heteroatoms. The van der Waals surface area contributed by atoms with Crippen LogP contribution < -0.4 is 28.4 Å². The molecule has 1 N–H and O–H groups in total. The molecule has 0 bridgehead atoms. The van der Waals surface area contributed by atoms with Crippen molar-refractivity contribution in [2.24, 2.45) is 0 Å². The van der Waals surface area contributed by atoms with Crippen molar-refractivity contribution in [1.82, 2.24) is 0 Å². The van der Waals surface area contributed by atoms with Gasteiger partial charge in [-0.3, -0.25) is 0 Å². The molecule has 170 valence electrons. The van der Waals surface area contributed by atoms with Gasteiger partial charge in [0.1, 0.15) is 22.8 Å². The number of aliphatic hydroxyl groups is 1. The smallest absolute Gasteiger partial charge is 0.203 e. The van der Waals surface area contributed by atoms with Crippen LogP contribution in [0.25, 0.3) is 0 Å². The predicted molar refractivity (Wildman–Crippen MR) is 121 cm³/mol. The number of benzene rings is 3. The number of hydrogen-bond acceptors (Lipinski definition) is 7. The first-order valence-corrected chi connectivity index (χ1v) is 9.87. The van der Waals surface area contributed by atoms with E-state index < -0.39 is 5.60 Å². The predicted octanol–water partition coefficient (Wildman–Crippen LogP) is 4.02. The maximum atomic E-state index is 12.4. The summed E-state index contributed by atoms with van der Waals surface area (Å²) in [5.74, 6) is 2.89. The molecule has 3 rings (SSSR count). The molecule has 0 amide bonds. The molecule has 3 aromatic carbocycles. The third-order valence-corrected chi connectivity index (χ3v) is 5.40. The molecule has 1 atom stereocenters. The minimum atomic E-state index is -1.67. The van der Waals surface area contributed by atoms with Crippen LogP contribution in [-0.2, 0) is 5.60 Å². The first-order valence-electron chi connectivity index (χ1n) is 9.87. The van der Waals surface area contributed by atoms with Crippen LogP contribution in [0.4, 0.5) is 0 Å². The number of rotatable bonds is 9. The lowest BCUT2D eigenvalue weighted by atomic mass is 9.79. The molecule has 0 aliphatic heterocycles. The summed E-state index contributed by atoms with van der Waals surface area (Å²) in [4.78, 5) is 0. The maximum absolute atomic E-state index is 12.4. The highest BCUT2D eigenvalue weighted by Crippen LogP contribution is 2.50. The van der Waals surface area contributed by atoms with Gasteiger partial charge in [-0.15, -0.1) is 0 Å². The molecule has 7 nitrogen and oxygen atoms in total. The highest BCUT2D eigenvalue weighted by atomic mass is 16.5. The fourth-order valence-corrected chi connectivity index (χ4v) is 3.77. The van der Waals surface area contributed by atoms with Gasteiger partial charge < -0.3 is 33.5 Å². The zero-order valence-electron chi connectivity index (χ0n) is 19.1. The summed E-state index contributed by atoms with van der Waals surface area (Å²) >= 11 is 0. The van der Waals surface area contributed by atoms with Gasteiger partial charge in [0, 0.05) is 17.2 Å². The average Bonchev–Trinajstić information content (AvgIpc) is 2.86. The standard InChI is InChI=1S/C25H28O7/c1-27-17-9-7-16(8-10-17)25(26,19-12-11-18(28-2)15-22(19)30-4)20-13-14-21(29-3)24(32-6)23(20)31-5/h7-15,26H,1-6H3. The maximum Gasteiger partial charge on any atom is 0.203 e. The second-order valence-electron chi connectivity index (χ2n) is 6.89. The Bertz CT molecular complexity index is 1060. The quantitative estimate of drug-likeness (QED) is 0.504. The lowest BCUT2D eigenvalue weighted by molar-refractivity contribution is 0.117. The lowest BCUT2D eigenvalue weighted by Crippen LogP contribution is -2.30. The highest BCUT2D eigenvalue weighted by molar-refractivity contribution is 5.64. The number of methoxy groups -OCH3 is 6. The molecule has 32 heavy (non-hydrogen) atoms. The van der Waals surface area contributed by atoms with Crippen molar-refractivity contribution in [3.63, 3.8) is 0 Å². The Labute approximate surface area is 188 Å². The molecule has 1 unspecified atom stereocenters. The van der Waals surface area contributed by atoms with E-state index >= 15 is 0 Å². The van der Waals surface area contributed by atoms with Gasteiger partial charge in [0.2, 0.25) is 5.75 Å². The number of ether oxygens (including phenoxy) is 6. The molecule has 3 aromatic rings. The Morgan fingerprint density at radius 2 is 1.09 bits per heavy atom. The summed E-state index contributed by atoms with van der Waals surface area (Å²) in [5.41, 5.74) is -0.149. The van der Waals surface area contributed by atoms with E-state index in [1.54, 1.807) is 83.0 Å². The van der Waals surface area contributed by atoms with Gasteiger partial charge in [-0.25, -0.2) is 0 Å². The lowest BCUT2D eigenvalue weighted by Gasteiger charge is -2.33. The largest absolute Gasteiger partial charge is 0.497 e. The van der Waals surface area contributed by atoms with Crippen molar-refractivity contribution in [1.29, 1.82) is 0 Å². The van der Waals surface area contributed by atoms with Crippen molar-refractivity contribution in [3.05, 3.63) is 71.3 Å². The summed E-state index contributed by atoms with van der Waals surface area (Å²) in [6.45, 7) is 0. The molecule has 0 heterocycles. The fourth-order valence-electron chi connectivity index (χ4n) is 3.77. The van der Waals surface area contributed by atoms with Crippen LogP contribution in [0.15, 0.2) is 54.6 Å². The zero-order chi connectivity index (χ0) is 23.3. The molecule has 0 saturated heterocycles. The summed E-state index contributed by atoms with van der Waals surface area (Å²) < 4.78 is 33.0. The van der Waals surface area contributed by atoms with Crippen molar-refractivity contribution in [2.75, 3.05) is 42.7 Å². The van der Waals surface area contributed by atoms with Crippen molar-refractivity contribution >= 4 is 0 Å². The third-order valence-electron chi connectivity index (χ3n) is 5.40. The van der Waals surface area contributed by atoms with Gasteiger partial charge in [0.05, 0.1) is 42.7 Å². The average molecular weight is 440 g/mol. The molecule has 0 spiro atoms. The zero-order valence-corrected chi connectivity index (χ0v) is 19.1. The summed E-state index contributed by atoms with van der Waals surface area (Å²) in [6.07, 6.45) is 0. The Morgan fingerprint density at radius 3 is 1.62 bits per heavy atom. The van der Waals surface area contributed by atoms with E-state index in [-0.39, 0.29) is 0 Å². The Hall–Kier alpha value is -3.58. The SMILES string of the molecule is COc1ccc(C(O)(c2ccc(OC)cc2OC)c2ccc(OC)c(OC)c2OC)cc1. The van der Waals surface area contributed by atoms with Crippen LogP contribution in [-0.4, -0.2) is 47.8 Å². The summed E-state index contributed by atoms with van der Waals surface area (Å²) in [5, 5.41) is 12.4. The van der Waals surface area contributed by atoms with E-state index in [4.69, 9.17) is 28.4 Å². The van der Waals surface area contributed by atoms with Gasteiger partial charge in [-0.05, 0) is 42.0 Å². The first-order chi connectivity index (χ1) is 15.5. The molecular formula is C25H28O7.